The standard InChI is InChI=1S/C20H17FN2O2S/c1-11-17-15(21)3-2-4-16(17)26-18(11)20(25)23-13-7-5-12(6-8-13)19(24)22-14-9-10-14/h2-8,14H,9-10H2,1H3,(H,22,24)(H,23,25). The van der Waals surface area contributed by atoms with Gasteiger partial charge < -0.3 is 10.6 Å². The summed E-state index contributed by atoms with van der Waals surface area (Å²) in [6.45, 7) is 1.75. The van der Waals surface area contributed by atoms with Gasteiger partial charge in [-0.2, -0.15) is 0 Å². The van der Waals surface area contributed by atoms with Crippen LogP contribution in [0, 0.1) is 12.7 Å². The Balaban J connectivity index is 1.52. The molecule has 1 aliphatic carbocycles. The van der Waals surface area contributed by atoms with Crippen LogP contribution in [0.3, 0.4) is 0 Å². The number of thiophene rings is 1. The Labute approximate surface area is 154 Å². The van der Waals surface area contributed by atoms with Crippen LogP contribution in [-0.2, 0) is 0 Å². The summed E-state index contributed by atoms with van der Waals surface area (Å²) in [6.07, 6.45) is 2.07. The minimum absolute atomic E-state index is 0.0961. The van der Waals surface area contributed by atoms with Gasteiger partial charge in [0.05, 0.1) is 4.88 Å². The van der Waals surface area contributed by atoms with Gasteiger partial charge in [0.1, 0.15) is 5.82 Å². The van der Waals surface area contributed by atoms with Gasteiger partial charge in [-0.1, -0.05) is 6.07 Å². The van der Waals surface area contributed by atoms with E-state index < -0.39 is 0 Å². The van der Waals surface area contributed by atoms with Crippen LogP contribution in [0.25, 0.3) is 10.1 Å². The van der Waals surface area contributed by atoms with E-state index in [1.54, 1.807) is 43.3 Å². The van der Waals surface area contributed by atoms with Crippen molar-refractivity contribution >= 4 is 38.9 Å². The van der Waals surface area contributed by atoms with Crippen LogP contribution in [0.1, 0.15) is 38.4 Å². The first-order chi connectivity index (χ1) is 12.5. The van der Waals surface area contributed by atoms with Crippen molar-refractivity contribution in [3.8, 4) is 0 Å². The number of rotatable bonds is 4. The average molecular weight is 368 g/mol. The second-order valence-electron chi connectivity index (χ2n) is 6.45. The number of carbonyl (C=O) groups is 2. The molecule has 1 saturated carbocycles. The number of halogens is 1. The SMILES string of the molecule is Cc1c(C(=O)Nc2ccc(C(=O)NC3CC3)cc2)sc2cccc(F)c12. The molecule has 0 saturated heterocycles. The fourth-order valence-corrected chi connectivity index (χ4v) is 3.98. The molecule has 1 aliphatic rings. The Morgan fingerprint density at radius 3 is 2.46 bits per heavy atom. The number of hydrogen-bond donors (Lipinski definition) is 2. The predicted molar refractivity (Wildman–Crippen MR) is 101 cm³/mol. The predicted octanol–water partition coefficient (Wildman–Crippen LogP) is 4.49. The van der Waals surface area contributed by atoms with Crippen LogP contribution in [-0.4, -0.2) is 17.9 Å². The van der Waals surface area contributed by atoms with Crippen LogP contribution in [0.5, 0.6) is 0 Å². The lowest BCUT2D eigenvalue weighted by Gasteiger charge is -2.07. The molecule has 4 nitrogen and oxygen atoms in total. The Morgan fingerprint density at radius 2 is 1.81 bits per heavy atom. The second kappa shape index (κ2) is 6.53. The molecule has 0 aliphatic heterocycles. The fraction of sp³-hybridized carbons (Fsp3) is 0.200. The maximum Gasteiger partial charge on any atom is 0.266 e. The smallest absolute Gasteiger partial charge is 0.266 e. The zero-order valence-corrected chi connectivity index (χ0v) is 15.0. The lowest BCUT2D eigenvalue weighted by Crippen LogP contribution is -2.25. The van der Waals surface area contributed by atoms with Crippen molar-refractivity contribution in [2.45, 2.75) is 25.8 Å². The number of anilines is 1. The summed E-state index contributed by atoms with van der Waals surface area (Å²) in [5.74, 6) is -0.694. The molecule has 0 spiro atoms. The molecule has 2 N–H and O–H groups in total. The third-order valence-corrected chi connectivity index (χ3v) is 5.68. The molecule has 26 heavy (non-hydrogen) atoms. The molecule has 0 radical (unpaired) electrons. The molecule has 132 valence electrons. The molecule has 1 heterocycles. The van der Waals surface area contributed by atoms with Crippen LogP contribution < -0.4 is 10.6 Å². The average Bonchev–Trinajstić information content (AvgIpc) is 3.37. The number of fused-ring (bicyclic) bond motifs is 1. The first-order valence-electron chi connectivity index (χ1n) is 8.43. The van der Waals surface area contributed by atoms with Crippen molar-refractivity contribution in [2.24, 2.45) is 0 Å². The highest BCUT2D eigenvalue weighted by atomic mass is 32.1. The molecular formula is C20H17FN2O2S. The first kappa shape index (κ1) is 16.7. The molecule has 0 bridgehead atoms. The van der Waals surface area contributed by atoms with Gasteiger partial charge in [-0.3, -0.25) is 9.59 Å². The largest absolute Gasteiger partial charge is 0.349 e. The summed E-state index contributed by atoms with van der Waals surface area (Å²) < 4.78 is 14.8. The molecule has 0 unspecified atom stereocenters. The van der Waals surface area contributed by atoms with Crippen LogP contribution in [0.2, 0.25) is 0 Å². The lowest BCUT2D eigenvalue weighted by molar-refractivity contribution is 0.0950. The van der Waals surface area contributed by atoms with Crippen molar-refractivity contribution in [3.63, 3.8) is 0 Å². The van der Waals surface area contributed by atoms with Crippen LogP contribution in [0.15, 0.2) is 42.5 Å². The van der Waals surface area contributed by atoms with E-state index >= 15 is 0 Å². The van der Waals surface area contributed by atoms with E-state index in [1.807, 2.05) is 0 Å². The maximum atomic E-state index is 14.0. The normalized spacial score (nSPS) is 13.6. The summed E-state index contributed by atoms with van der Waals surface area (Å²) >= 11 is 1.27. The summed E-state index contributed by atoms with van der Waals surface area (Å²) in [5.41, 5.74) is 1.80. The van der Waals surface area contributed by atoms with E-state index in [0.717, 1.165) is 17.5 Å². The highest BCUT2D eigenvalue weighted by molar-refractivity contribution is 7.21. The third kappa shape index (κ3) is 3.20. The maximum absolute atomic E-state index is 14.0. The monoisotopic (exact) mass is 368 g/mol. The quantitative estimate of drug-likeness (QED) is 0.713. The highest BCUT2D eigenvalue weighted by Gasteiger charge is 2.23. The van der Waals surface area contributed by atoms with E-state index in [1.165, 1.54) is 17.4 Å². The Kier molecular flexibility index (Phi) is 4.20. The van der Waals surface area contributed by atoms with Gasteiger partial charge in [0.2, 0.25) is 0 Å². The zero-order chi connectivity index (χ0) is 18.3. The second-order valence-corrected chi connectivity index (χ2v) is 7.50. The van der Waals surface area contributed by atoms with E-state index in [4.69, 9.17) is 0 Å². The van der Waals surface area contributed by atoms with Crippen molar-refractivity contribution in [1.29, 1.82) is 0 Å². The number of aryl methyl sites for hydroxylation is 1. The summed E-state index contributed by atoms with van der Waals surface area (Å²) in [5, 5.41) is 6.23. The van der Waals surface area contributed by atoms with E-state index in [9.17, 15) is 14.0 Å². The Morgan fingerprint density at radius 1 is 1.08 bits per heavy atom. The van der Waals surface area contributed by atoms with Crippen LogP contribution in [0.4, 0.5) is 10.1 Å². The number of nitrogens with one attached hydrogen (secondary N) is 2. The van der Waals surface area contributed by atoms with Crippen molar-refractivity contribution in [3.05, 3.63) is 64.3 Å². The molecule has 3 aromatic rings. The van der Waals surface area contributed by atoms with Gasteiger partial charge in [-0.05, 0) is 61.7 Å². The molecule has 2 amide bonds. The molecule has 6 heteroatoms. The lowest BCUT2D eigenvalue weighted by atomic mass is 10.1. The minimum atomic E-state index is -0.318. The van der Waals surface area contributed by atoms with Crippen molar-refractivity contribution < 1.29 is 14.0 Å². The first-order valence-corrected chi connectivity index (χ1v) is 9.24. The van der Waals surface area contributed by atoms with Crippen molar-refractivity contribution in [1.82, 2.24) is 5.32 Å². The van der Waals surface area contributed by atoms with E-state index in [0.29, 0.717) is 33.1 Å². The molecule has 1 fully saturated rings. The molecule has 1 aromatic heterocycles. The van der Waals surface area contributed by atoms with Gasteiger partial charge in [0.15, 0.2) is 0 Å². The zero-order valence-electron chi connectivity index (χ0n) is 14.1. The van der Waals surface area contributed by atoms with Gasteiger partial charge in [-0.15, -0.1) is 11.3 Å². The molecule has 0 atom stereocenters. The number of benzene rings is 2. The third-order valence-electron chi connectivity index (χ3n) is 4.43. The molecule has 4 rings (SSSR count). The summed E-state index contributed by atoms with van der Waals surface area (Å²) in [4.78, 5) is 25.1. The van der Waals surface area contributed by atoms with Crippen LogP contribution >= 0.6 is 11.3 Å². The summed E-state index contributed by atoms with van der Waals surface area (Å²) in [6, 6.07) is 11.9. The minimum Gasteiger partial charge on any atom is -0.349 e. The Hall–Kier alpha value is -2.73. The number of amides is 2. The Bertz CT molecular complexity index is 1010. The number of hydrogen-bond acceptors (Lipinski definition) is 3. The van der Waals surface area contributed by atoms with Crippen molar-refractivity contribution in [2.75, 3.05) is 5.32 Å². The summed E-state index contributed by atoms with van der Waals surface area (Å²) in [7, 11) is 0. The number of carbonyl (C=O) groups excluding carboxylic acids is 2. The van der Waals surface area contributed by atoms with E-state index in [2.05, 4.69) is 10.6 Å². The molecule has 2 aromatic carbocycles. The fourth-order valence-electron chi connectivity index (χ4n) is 2.86. The van der Waals surface area contributed by atoms with E-state index in [-0.39, 0.29) is 17.6 Å². The van der Waals surface area contributed by atoms with Gasteiger partial charge in [-0.25, -0.2) is 4.39 Å². The van der Waals surface area contributed by atoms with Gasteiger partial charge >= 0.3 is 0 Å². The topological polar surface area (TPSA) is 58.2 Å². The molecular weight excluding hydrogens is 351 g/mol. The highest BCUT2D eigenvalue weighted by Crippen LogP contribution is 2.33. The van der Waals surface area contributed by atoms with Gasteiger partial charge in [0, 0.05) is 27.4 Å². The van der Waals surface area contributed by atoms with Gasteiger partial charge in [0.25, 0.3) is 11.8 Å².